The zero-order chi connectivity index (χ0) is 12.3. The highest BCUT2D eigenvalue weighted by Gasteiger charge is 2.14. The van der Waals surface area contributed by atoms with E-state index in [9.17, 15) is 4.79 Å². The summed E-state index contributed by atoms with van der Waals surface area (Å²) in [7, 11) is 0. The highest BCUT2D eigenvalue weighted by atomic mass is 32.1. The first kappa shape index (κ1) is 12.6. The van der Waals surface area contributed by atoms with Gasteiger partial charge in [-0.15, -0.1) is 11.3 Å². The normalized spacial score (nSPS) is 19.5. The average Bonchev–Trinajstić information content (AvgIpc) is 2.90. The molecule has 17 heavy (non-hydrogen) atoms. The van der Waals surface area contributed by atoms with Crippen molar-refractivity contribution in [2.75, 3.05) is 13.1 Å². The van der Waals surface area contributed by atoms with E-state index in [1.807, 2.05) is 13.0 Å². The first-order valence-corrected chi connectivity index (χ1v) is 7.07. The molecule has 0 spiro atoms. The molecule has 1 amide bonds. The van der Waals surface area contributed by atoms with Gasteiger partial charge in [-0.05, 0) is 51.3 Å². The number of thiophene rings is 1. The van der Waals surface area contributed by atoms with Crippen LogP contribution in [0, 0.1) is 13.8 Å². The minimum Gasteiger partial charge on any atom is -0.351 e. The molecule has 4 heteroatoms. The maximum atomic E-state index is 11.9. The Morgan fingerprint density at radius 1 is 1.59 bits per heavy atom. The van der Waals surface area contributed by atoms with E-state index < -0.39 is 0 Å². The maximum Gasteiger partial charge on any atom is 0.261 e. The first-order chi connectivity index (χ1) is 8.16. The number of hydrogen-bond donors (Lipinski definition) is 2. The Kier molecular flexibility index (Phi) is 4.18. The van der Waals surface area contributed by atoms with Gasteiger partial charge >= 0.3 is 0 Å². The lowest BCUT2D eigenvalue weighted by Crippen LogP contribution is -2.30. The SMILES string of the molecule is Cc1cc(C(=O)NCC[C@@H]2CCCN2)sc1C. The zero-order valence-electron chi connectivity index (χ0n) is 10.5. The minimum atomic E-state index is 0.0733. The van der Waals surface area contributed by atoms with Crippen molar-refractivity contribution in [3.05, 3.63) is 21.4 Å². The van der Waals surface area contributed by atoms with Gasteiger partial charge in [-0.3, -0.25) is 4.79 Å². The van der Waals surface area contributed by atoms with Crippen molar-refractivity contribution in [2.24, 2.45) is 0 Å². The highest BCUT2D eigenvalue weighted by Crippen LogP contribution is 2.20. The van der Waals surface area contributed by atoms with Crippen molar-refractivity contribution in [2.45, 2.75) is 39.2 Å². The van der Waals surface area contributed by atoms with E-state index in [4.69, 9.17) is 0 Å². The van der Waals surface area contributed by atoms with Crippen LogP contribution in [0.1, 0.15) is 39.4 Å². The molecule has 1 aliphatic rings. The fourth-order valence-electron chi connectivity index (χ4n) is 2.14. The predicted octanol–water partition coefficient (Wildman–Crippen LogP) is 2.24. The first-order valence-electron chi connectivity index (χ1n) is 6.25. The molecule has 0 unspecified atom stereocenters. The molecule has 3 nitrogen and oxygen atoms in total. The van der Waals surface area contributed by atoms with Crippen molar-refractivity contribution in [1.29, 1.82) is 0 Å². The van der Waals surface area contributed by atoms with E-state index >= 15 is 0 Å². The van der Waals surface area contributed by atoms with Crippen LogP contribution in [0.3, 0.4) is 0 Å². The van der Waals surface area contributed by atoms with E-state index in [-0.39, 0.29) is 5.91 Å². The van der Waals surface area contributed by atoms with Crippen molar-refractivity contribution < 1.29 is 4.79 Å². The van der Waals surface area contributed by atoms with Crippen LogP contribution in [0.5, 0.6) is 0 Å². The number of carbonyl (C=O) groups is 1. The number of aryl methyl sites for hydroxylation is 2. The third kappa shape index (κ3) is 3.30. The summed E-state index contributed by atoms with van der Waals surface area (Å²) in [6.07, 6.45) is 3.55. The van der Waals surface area contributed by atoms with Crippen molar-refractivity contribution in [3.8, 4) is 0 Å². The Morgan fingerprint density at radius 2 is 2.41 bits per heavy atom. The van der Waals surface area contributed by atoms with Crippen LogP contribution >= 0.6 is 11.3 Å². The van der Waals surface area contributed by atoms with Gasteiger partial charge in [0.2, 0.25) is 0 Å². The molecule has 94 valence electrons. The fourth-order valence-corrected chi connectivity index (χ4v) is 3.09. The second-order valence-electron chi connectivity index (χ2n) is 4.69. The number of amides is 1. The van der Waals surface area contributed by atoms with E-state index in [0.717, 1.165) is 24.4 Å². The van der Waals surface area contributed by atoms with E-state index in [1.165, 1.54) is 23.3 Å². The zero-order valence-corrected chi connectivity index (χ0v) is 11.3. The quantitative estimate of drug-likeness (QED) is 0.863. The van der Waals surface area contributed by atoms with Gasteiger partial charge in [0, 0.05) is 17.5 Å². The van der Waals surface area contributed by atoms with E-state index in [0.29, 0.717) is 6.04 Å². The largest absolute Gasteiger partial charge is 0.351 e. The van der Waals surface area contributed by atoms with E-state index in [2.05, 4.69) is 17.6 Å². The van der Waals surface area contributed by atoms with Gasteiger partial charge in [-0.2, -0.15) is 0 Å². The van der Waals surface area contributed by atoms with Gasteiger partial charge in [0.05, 0.1) is 4.88 Å². The molecule has 2 heterocycles. The Balaban J connectivity index is 1.76. The summed E-state index contributed by atoms with van der Waals surface area (Å²) in [5.74, 6) is 0.0733. The van der Waals surface area contributed by atoms with Crippen molar-refractivity contribution in [3.63, 3.8) is 0 Å². The smallest absolute Gasteiger partial charge is 0.261 e. The number of hydrogen-bond acceptors (Lipinski definition) is 3. The summed E-state index contributed by atoms with van der Waals surface area (Å²) < 4.78 is 0. The third-order valence-electron chi connectivity index (χ3n) is 3.33. The molecule has 1 saturated heterocycles. The van der Waals surface area contributed by atoms with Crippen molar-refractivity contribution >= 4 is 17.2 Å². The second kappa shape index (κ2) is 5.65. The lowest BCUT2D eigenvalue weighted by atomic mass is 10.1. The molecular formula is C13H20N2OS. The summed E-state index contributed by atoms with van der Waals surface area (Å²) in [5, 5.41) is 6.43. The van der Waals surface area contributed by atoms with Gasteiger partial charge in [-0.25, -0.2) is 0 Å². The summed E-state index contributed by atoms with van der Waals surface area (Å²) in [6, 6.07) is 2.57. The Bertz CT molecular complexity index is 375. The summed E-state index contributed by atoms with van der Waals surface area (Å²) in [4.78, 5) is 13.9. The second-order valence-corrected chi connectivity index (χ2v) is 5.94. The topological polar surface area (TPSA) is 41.1 Å². The molecule has 1 atom stereocenters. The maximum absolute atomic E-state index is 11.9. The Morgan fingerprint density at radius 3 is 3.00 bits per heavy atom. The van der Waals surface area contributed by atoms with Crippen LogP contribution in [-0.2, 0) is 0 Å². The van der Waals surface area contributed by atoms with E-state index in [1.54, 1.807) is 11.3 Å². The fraction of sp³-hybridized carbons (Fsp3) is 0.615. The van der Waals surface area contributed by atoms with Crippen molar-refractivity contribution in [1.82, 2.24) is 10.6 Å². The van der Waals surface area contributed by atoms with Crippen LogP contribution in [0.15, 0.2) is 6.07 Å². The van der Waals surface area contributed by atoms with Crippen LogP contribution in [0.2, 0.25) is 0 Å². The minimum absolute atomic E-state index is 0.0733. The molecule has 1 aromatic rings. The summed E-state index contributed by atoms with van der Waals surface area (Å²) >= 11 is 1.58. The third-order valence-corrected chi connectivity index (χ3v) is 4.48. The van der Waals surface area contributed by atoms with Gasteiger partial charge in [-0.1, -0.05) is 0 Å². The summed E-state index contributed by atoms with van der Waals surface area (Å²) in [5.41, 5.74) is 1.21. The molecular weight excluding hydrogens is 232 g/mol. The predicted molar refractivity (Wildman–Crippen MR) is 71.8 cm³/mol. The van der Waals surface area contributed by atoms with Gasteiger partial charge in [0.15, 0.2) is 0 Å². The Labute approximate surface area is 107 Å². The molecule has 0 radical (unpaired) electrons. The number of nitrogens with one attached hydrogen (secondary N) is 2. The number of rotatable bonds is 4. The van der Waals surface area contributed by atoms with Crippen LogP contribution in [0.25, 0.3) is 0 Å². The molecule has 0 aliphatic carbocycles. The highest BCUT2D eigenvalue weighted by molar-refractivity contribution is 7.14. The lowest BCUT2D eigenvalue weighted by Gasteiger charge is -2.10. The number of carbonyl (C=O) groups excluding carboxylic acids is 1. The monoisotopic (exact) mass is 252 g/mol. The molecule has 2 N–H and O–H groups in total. The molecule has 2 rings (SSSR count). The molecule has 0 saturated carbocycles. The molecule has 0 aromatic carbocycles. The lowest BCUT2D eigenvalue weighted by molar-refractivity contribution is 0.0956. The molecule has 1 aliphatic heterocycles. The summed E-state index contributed by atoms with van der Waals surface area (Å²) in [6.45, 7) is 6.00. The molecule has 0 bridgehead atoms. The van der Waals surface area contributed by atoms with Gasteiger partial charge in [0.25, 0.3) is 5.91 Å². The standard InChI is InChI=1S/C13H20N2OS/c1-9-8-12(17-10(9)2)13(16)15-7-5-11-4-3-6-14-11/h8,11,14H,3-7H2,1-2H3,(H,15,16)/t11-/m0/s1. The van der Waals surface area contributed by atoms with Gasteiger partial charge in [0.1, 0.15) is 0 Å². The van der Waals surface area contributed by atoms with Crippen LogP contribution in [0.4, 0.5) is 0 Å². The molecule has 1 aromatic heterocycles. The van der Waals surface area contributed by atoms with Crippen LogP contribution in [-0.4, -0.2) is 25.0 Å². The van der Waals surface area contributed by atoms with Crippen LogP contribution < -0.4 is 10.6 Å². The average molecular weight is 252 g/mol. The van der Waals surface area contributed by atoms with Gasteiger partial charge < -0.3 is 10.6 Å². The molecule has 1 fully saturated rings. The Hall–Kier alpha value is -0.870.